The van der Waals surface area contributed by atoms with Crippen LogP contribution in [0.15, 0.2) is 122 Å². The number of amides is 3. The molecule has 0 spiro atoms. The number of carbonyl (C=O) groups is 3. The van der Waals surface area contributed by atoms with Crippen LogP contribution in [-0.4, -0.2) is 82.5 Å². The lowest BCUT2D eigenvalue weighted by molar-refractivity contribution is -0.135. The maximum atomic E-state index is 13.9. The second-order valence-corrected chi connectivity index (χ2v) is 17.1. The van der Waals surface area contributed by atoms with Crippen LogP contribution in [-0.2, 0) is 24.3 Å². The smallest absolute Gasteiger partial charge is 0.407 e. The average Bonchev–Trinajstić information content (AvgIpc) is 4.14. The minimum absolute atomic E-state index is 0.225. The first-order valence-electron chi connectivity index (χ1n) is 20.4. The Morgan fingerprint density at radius 1 is 0.677 bits per heavy atom. The van der Waals surface area contributed by atoms with Gasteiger partial charge in [0, 0.05) is 24.2 Å². The van der Waals surface area contributed by atoms with Gasteiger partial charge < -0.3 is 29.8 Å². The Labute approximate surface area is 360 Å². The highest BCUT2D eigenvalue weighted by atomic mass is 32.2. The second-order valence-electron chi connectivity index (χ2n) is 15.4. The lowest BCUT2D eigenvalue weighted by Gasteiger charge is -2.28. The number of nitrogens with one attached hydrogen (secondary N) is 4. The monoisotopic (exact) mass is 850 g/mol. The van der Waals surface area contributed by atoms with Crippen LogP contribution in [0.4, 0.5) is 4.79 Å². The summed E-state index contributed by atoms with van der Waals surface area (Å²) in [4.78, 5) is 59.5. The number of methoxy groups -OCH3 is 1. The molecule has 2 fully saturated rings. The van der Waals surface area contributed by atoms with Gasteiger partial charge in [0.2, 0.25) is 15.9 Å². The van der Waals surface area contributed by atoms with Crippen molar-refractivity contribution >= 4 is 27.9 Å². The van der Waals surface area contributed by atoms with Crippen molar-refractivity contribution in [3.05, 3.63) is 155 Å². The molecule has 14 nitrogen and oxygen atoms in total. The van der Waals surface area contributed by atoms with Crippen molar-refractivity contribution < 1.29 is 27.5 Å². The summed E-state index contributed by atoms with van der Waals surface area (Å²) in [7, 11) is -2.39. The third-order valence-electron chi connectivity index (χ3n) is 11.2. The molecular weight excluding hydrogens is 805 g/mol. The first kappa shape index (κ1) is 41.7. The molecule has 8 rings (SSSR count). The van der Waals surface area contributed by atoms with Gasteiger partial charge in [0.05, 0.1) is 49.2 Å². The van der Waals surface area contributed by atoms with Crippen LogP contribution in [0, 0.1) is 11.8 Å². The van der Waals surface area contributed by atoms with E-state index in [1.165, 1.54) is 7.11 Å². The van der Waals surface area contributed by atoms with E-state index in [0.717, 1.165) is 59.2 Å². The third-order valence-corrected chi connectivity index (χ3v) is 11.8. The fourth-order valence-corrected chi connectivity index (χ4v) is 8.77. The maximum Gasteiger partial charge on any atom is 0.407 e. The molecule has 2 saturated heterocycles. The molecule has 4 aromatic carbocycles. The Bertz CT molecular complexity index is 2710. The van der Waals surface area contributed by atoms with Crippen molar-refractivity contribution in [2.75, 3.05) is 26.5 Å². The van der Waals surface area contributed by atoms with E-state index in [0.29, 0.717) is 42.3 Å². The molecular formula is C47H46N8O6S. The number of rotatable bonds is 11. The van der Waals surface area contributed by atoms with Crippen LogP contribution in [0.3, 0.4) is 0 Å². The molecule has 4 heterocycles. The van der Waals surface area contributed by atoms with E-state index >= 15 is 0 Å². The number of ether oxygens (including phenoxy) is 1. The molecule has 3 amide bonds. The Morgan fingerprint density at radius 3 is 1.55 bits per heavy atom. The zero-order chi connectivity index (χ0) is 43.2. The van der Waals surface area contributed by atoms with Gasteiger partial charge in [-0.05, 0) is 72.2 Å². The number of aromatic nitrogens is 4. The largest absolute Gasteiger partial charge is 0.453 e. The number of sulfonamides is 1. The Hall–Kier alpha value is -7.02. The lowest BCUT2D eigenvalue weighted by Crippen LogP contribution is -2.42. The van der Waals surface area contributed by atoms with Crippen molar-refractivity contribution in [1.82, 2.24) is 39.8 Å². The zero-order valence-corrected chi connectivity index (χ0v) is 35.1. The molecule has 4 unspecified atom stereocenters. The van der Waals surface area contributed by atoms with E-state index in [9.17, 15) is 22.8 Å². The van der Waals surface area contributed by atoms with Crippen LogP contribution in [0.5, 0.6) is 0 Å². The minimum atomic E-state index is -3.67. The van der Waals surface area contributed by atoms with E-state index in [4.69, 9.17) is 4.74 Å². The van der Waals surface area contributed by atoms with Gasteiger partial charge in [-0.2, -0.15) is 4.72 Å². The van der Waals surface area contributed by atoms with E-state index in [-0.39, 0.29) is 23.9 Å². The van der Waals surface area contributed by atoms with Crippen LogP contribution in [0.25, 0.3) is 22.5 Å². The van der Waals surface area contributed by atoms with Gasteiger partial charge in [-0.25, -0.2) is 23.2 Å². The number of hydrogen-bond donors (Lipinski definition) is 4. The normalized spacial score (nSPS) is 17.2. The number of H-pyrrole nitrogens is 2. The lowest BCUT2D eigenvalue weighted by atomic mass is 10.1. The van der Waals surface area contributed by atoms with Crippen LogP contribution < -0.4 is 10.0 Å². The predicted octanol–water partition coefficient (Wildman–Crippen LogP) is 6.58. The van der Waals surface area contributed by atoms with Gasteiger partial charge in [-0.3, -0.25) is 9.59 Å². The summed E-state index contributed by atoms with van der Waals surface area (Å²) in [5.41, 5.74) is 6.37. The molecule has 6 aromatic rings. The number of alkyl carbamates (subject to hydrolysis) is 1. The molecule has 2 aromatic heterocycles. The van der Waals surface area contributed by atoms with Crippen LogP contribution in [0.1, 0.15) is 83.8 Å². The summed E-state index contributed by atoms with van der Waals surface area (Å²) in [6, 6.07) is 31.2. The van der Waals surface area contributed by atoms with Crippen LogP contribution >= 0.6 is 0 Å². The molecule has 2 aliphatic rings. The van der Waals surface area contributed by atoms with Crippen molar-refractivity contribution in [2.24, 2.45) is 0 Å². The van der Waals surface area contributed by atoms with Gasteiger partial charge in [-0.15, -0.1) is 0 Å². The van der Waals surface area contributed by atoms with Gasteiger partial charge in [0.15, 0.2) is 0 Å². The number of hydrogen-bond acceptors (Lipinski definition) is 8. The summed E-state index contributed by atoms with van der Waals surface area (Å²) in [6.07, 6.45) is 6.91. The molecule has 15 heteroatoms. The van der Waals surface area contributed by atoms with Crippen LogP contribution in [0.2, 0.25) is 0 Å². The molecule has 0 bridgehead atoms. The topological polar surface area (TPSA) is 182 Å². The Kier molecular flexibility index (Phi) is 12.3. The number of likely N-dealkylation sites (tertiary alicyclic amines) is 2. The predicted molar refractivity (Wildman–Crippen MR) is 233 cm³/mol. The first-order chi connectivity index (χ1) is 30.0. The summed E-state index contributed by atoms with van der Waals surface area (Å²) in [5, 5.41) is 2.70. The van der Waals surface area contributed by atoms with E-state index in [1.54, 1.807) is 46.5 Å². The second kappa shape index (κ2) is 18.3. The van der Waals surface area contributed by atoms with Gasteiger partial charge in [0.1, 0.15) is 23.7 Å². The standard InChI is InChI=1S/C47H46N8O6S/c1-61-47(58)52-41(35-11-5-3-6-12-35)45(56)54-27-9-15-39(54)43-48-29-37(50-43)33-23-19-31(20-24-33)17-18-32-21-25-34(26-22-32)38-30-49-44(51-38)40-16-10-28-55(40)46(57)42(53-62(2,59)60)36-13-7-4-8-14-36/h3-8,11-14,19-26,29-30,39-42,53H,9-10,15-16,27-28H2,1-2H3,(H,48,50)(H,49,51)(H,52,58). The zero-order valence-electron chi connectivity index (χ0n) is 34.2. The van der Waals surface area contributed by atoms with Crippen molar-refractivity contribution in [3.63, 3.8) is 0 Å². The molecule has 62 heavy (non-hydrogen) atoms. The molecule has 316 valence electrons. The summed E-state index contributed by atoms with van der Waals surface area (Å²) < 4.78 is 31.8. The van der Waals surface area contributed by atoms with Crippen molar-refractivity contribution in [2.45, 2.75) is 49.9 Å². The SMILES string of the molecule is COC(=O)NC(C(=O)N1CCCC1c1ncc(-c2ccc(C#Cc3ccc(-c4cnc(C5CCCN5C(=O)C(NS(C)(=O)=O)c5ccccc5)[nH]4)cc3)cc2)[nH]1)c1ccccc1. The number of nitrogens with zero attached hydrogens (tertiary/aromatic N) is 4. The number of imidazole rings is 2. The molecule has 4 N–H and O–H groups in total. The molecule has 0 radical (unpaired) electrons. The highest BCUT2D eigenvalue weighted by Crippen LogP contribution is 2.36. The fraction of sp³-hybridized carbons (Fsp3) is 0.255. The van der Waals surface area contributed by atoms with E-state index in [2.05, 4.69) is 41.8 Å². The Balaban J connectivity index is 0.904. The van der Waals surface area contributed by atoms with Gasteiger partial charge in [0.25, 0.3) is 5.91 Å². The van der Waals surface area contributed by atoms with Gasteiger partial charge in [-0.1, -0.05) is 96.8 Å². The van der Waals surface area contributed by atoms with Crippen molar-refractivity contribution in [3.8, 4) is 34.4 Å². The molecule has 2 aliphatic heterocycles. The minimum Gasteiger partial charge on any atom is -0.453 e. The first-order valence-corrected chi connectivity index (χ1v) is 22.3. The average molecular weight is 851 g/mol. The highest BCUT2D eigenvalue weighted by molar-refractivity contribution is 7.88. The van der Waals surface area contributed by atoms with Crippen molar-refractivity contribution in [1.29, 1.82) is 0 Å². The molecule has 0 saturated carbocycles. The van der Waals surface area contributed by atoms with Gasteiger partial charge >= 0.3 is 6.09 Å². The summed E-state index contributed by atoms with van der Waals surface area (Å²) in [5.74, 6) is 7.27. The van der Waals surface area contributed by atoms with E-state index < -0.39 is 28.2 Å². The quantitative estimate of drug-likeness (QED) is 0.106. The number of benzene rings is 4. The summed E-state index contributed by atoms with van der Waals surface area (Å²) in [6.45, 7) is 1.04. The third kappa shape index (κ3) is 9.46. The summed E-state index contributed by atoms with van der Waals surface area (Å²) >= 11 is 0. The van der Waals surface area contributed by atoms with E-state index in [1.807, 2.05) is 84.9 Å². The fourth-order valence-electron chi connectivity index (χ4n) is 8.11. The number of aromatic amines is 2. The Morgan fingerprint density at radius 2 is 1.11 bits per heavy atom. The highest BCUT2D eigenvalue weighted by Gasteiger charge is 2.38. The number of carbonyl (C=O) groups excluding carboxylic acids is 3. The molecule has 0 aliphatic carbocycles. The maximum absolute atomic E-state index is 13.9. The molecule has 4 atom stereocenters.